The molecule has 0 saturated heterocycles. The summed E-state index contributed by atoms with van der Waals surface area (Å²) in [5, 5.41) is 14.3. The van der Waals surface area contributed by atoms with Gasteiger partial charge in [-0.15, -0.1) is 0 Å². The Bertz CT molecular complexity index is 654. The first-order valence-electron chi connectivity index (χ1n) is 6.42. The van der Waals surface area contributed by atoms with Gasteiger partial charge in [-0.25, -0.2) is 0 Å². The van der Waals surface area contributed by atoms with Crippen LogP contribution in [0.25, 0.3) is 0 Å². The van der Waals surface area contributed by atoms with E-state index in [0.29, 0.717) is 11.4 Å². The van der Waals surface area contributed by atoms with Gasteiger partial charge in [0, 0.05) is 17.4 Å². The number of aryl methyl sites for hydroxylation is 2. The number of nitrogen functional groups attached to an aromatic ring is 1. The molecule has 0 radical (unpaired) electrons. The van der Waals surface area contributed by atoms with E-state index in [9.17, 15) is 10.1 Å². The van der Waals surface area contributed by atoms with Crippen LogP contribution in [0.15, 0.2) is 36.4 Å². The molecule has 0 amide bonds. The number of nitrogens with two attached hydrogens (primary N) is 1. The van der Waals surface area contributed by atoms with Gasteiger partial charge in [-0.3, -0.25) is 10.1 Å². The molecule has 2 rings (SSSR count). The van der Waals surface area contributed by atoms with Gasteiger partial charge in [-0.05, 0) is 36.6 Å². The van der Waals surface area contributed by atoms with Crippen LogP contribution in [-0.2, 0) is 6.42 Å². The average molecular weight is 271 g/mol. The fourth-order valence-electron chi connectivity index (χ4n) is 2.14. The molecule has 0 aliphatic heterocycles. The van der Waals surface area contributed by atoms with Gasteiger partial charge in [-0.2, -0.15) is 0 Å². The summed E-state index contributed by atoms with van der Waals surface area (Å²) in [6.07, 6.45) is 0.854. The first kappa shape index (κ1) is 13.9. The van der Waals surface area contributed by atoms with Crippen molar-refractivity contribution < 1.29 is 4.92 Å². The number of para-hydroxylation sites is 1. The monoisotopic (exact) mass is 271 g/mol. The van der Waals surface area contributed by atoms with Gasteiger partial charge in [0.05, 0.1) is 4.92 Å². The summed E-state index contributed by atoms with van der Waals surface area (Å²) < 4.78 is 0. The molecular weight excluding hydrogens is 254 g/mol. The van der Waals surface area contributed by atoms with E-state index in [2.05, 4.69) is 12.2 Å². The van der Waals surface area contributed by atoms with Crippen molar-refractivity contribution in [2.75, 3.05) is 11.1 Å². The predicted octanol–water partition coefficient (Wildman–Crippen LogP) is 3.79. The van der Waals surface area contributed by atoms with Crippen molar-refractivity contribution in [3.8, 4) is 0 Å². The standard InChI is InChI=1S/C15H17N3O2/c1-3-11-6-4-5-10(2)15(11)17-13-8-7-12(16)9-14(13)18(19)20/h4-9,17H,3,16H2,1-2H3. The molecule has 0 fully saturated rings. The lowest BCUT2D eigenvalue weighted by atomic mass is 10.1. The minimum Gasteiger partial charge on any atom is -0.399 e. The molecule has 0 aliphatic rings. The summed E-state index contributed by atoms with van der Waals surface area (Å²) in [6, 6.07) is 10.6. The van der Waals surface area contributed by atoms with Gasteiger partial charge < -0.3 is 11.1 Å². The molecule has 0 bridgehead atoms. The van der Waals surface area contributed by atoms with Gasteiger partial charge in [0.1, 0.15) is 5.69 Å². The maximum absolute atomic E-state index is 11.1. The molecule has 5 nitrogen and oxygen atoms in total. The number of nitro groups is 1. The van der Waals surface area contributed by atoms with Crippen LogP contribution in [0.5, 0.6) is 0 Å². The summed E-state index contributed by atoms with van der Waals surface area (Å²) in [5.74, 6) is 0. The molecule has 3 N–H and O–H groups in total. The minimum absolute atomic E-state index is 0.0182. The van der Waals surface area contributed by atoms with Gasteiger partial charge in [-0.1, -0.05) is 25.1 Å². The average Bonchev–Trinajstić information content (AvgIpc) is 2.42. The molecule has 0 saturated carbocycles. The molecular formula is C15H17N3O2. The topological polar surface area (TPSA) is 81.2 Å². The Kier molecular flexibility index (Phi) is 3.89. The van der Waals surface area contributed by atoms with E-state index in [4.69, 9.17) is 5.73 Å². The van der Waals surface area contributed by atoms with Gasteiger partial charge >= 0.3 is 0 Å². The second-order valence-electron chi connectivity index (χ2n) is 4.62. The Morgan fingerprint density at radius 3 is 2.70 bits per heavy atom. The second kappa shape index (κ2) is 5.61. The Labute approximate surface area is 117 Å². The molecule has 5 heteroatoms. The molecule has 2 aromatic carbocycles. The fraction of sp³-hybridized carbons (Fsp3) is 0.200. The minimum atomic E-state index is -0.428. The number of nitro benzene ring substituents is 1. The normalized spacial score (nSPS) is 10.3. The molecule has 2 aromatic rings. The van der Waals surface area contributed by atoms with E-state index in [-0.39, 0.29) is 5.69 Å². The van der Waals surface area contributed by atoms with Crippen LogP contribution in [0, 0.1) is 17.0 Å². The SMILES string of the molecule is CCc1cccc(C)c1Nc1ccc(N)cc1[N+](=O)[O-]. The zero-order valence-corrected chi connectivity index (χ0v) is 11.5. The van der Waals surface area contributed by atoms with Crippen LogP contribution in [0.2, 0.25) is 0 Å². The number of nitrogens with one attached hydrogen (secondary N) is 1. The maximum Gasteiger partial charge on any atom is 0.294 e. The van der Waals surface area contributed by atoms with Crippen LogP contribution < -0.4 is 11.1 Å². The maximum atomic E-state index is 11.1. The predicted molar refractivity (Wildman–Crippen MR) is 81.3 cm³/mol. The van der Waals surface area contributed by atoms with Crippen molar-refractivity contribution in [1.82, 2.24) is 0 Å². The smallest absolute Gasteiger partial charge is 0.294 e. The third-order valence-electron chi connectivity index (χ3n) is 3.22. The quantitative estimate of drug-likeness (QED) is 0.503. The van der Waals surface area contributed by atoms with Crippen molar-refractivity contribution in [2.45, 2.75) is 20.3 Å². The van der Waals surface area contributed by atoms with Crippen LogP contribution in [0.1, 0.15) is 18.1 Å². The molecule has 20 heavy (non-hydrogen) atoms. The van der Waals surface area contributed by atoms with Crippen molar-refractivity contribution in [3.63, 3.8) is 0 Å². The molecule has 0 aromatic heterocycles. The largest absolute Gasteiger partial charge is 0.399 e. The third-order valence-corrected chi connectivity index (χ3v) is 3.22. The van der Waals surface area contributed by atoms with Crippen molar-refractivity contribution in [3.05, 3.63) is 57.6 Å². The zero-order valence-electron chi connectivity index (χ0n) is 11.5. The number of anilines is 3. The molecule has 104 valence electrons. The highest BCUT2D eigenvalue weighted by Crippen LogP contribution is 2.32. The summed E-state index contributed by atoms with van der Waals surface area (Å²) in [4.78, 5) is 10.7. The van der Waals surface area contributed by atoms with Crippen molar-refractivity contribution >= 4 is 22.7 Å². The fourth-order valence-corrected chi connectivity index (χ4v) is 2.14. The van der Waals surface area contributed by atoms with E-state index in [1.807, 2.05) is 25.1 Å². The summed E-state index contributed by atoms with van der Waals surface area (Å²) in [6.45, 7) is 4.03. The van der Waals surface area contributed by atoms with E-state index < -0.39 is 4.92 Å². The Balaban J connectivity index is 2.48. The van der Waals surface area contributed by atoms with Crippen LogP contribution in [0.4, 0.5) is 22.7 Å². The van der Waals surface area contributed by atoms with Crippen LogP contribution in [-0.4, -0.2) is 4.92 Å². The lowest BCUT2D eigenvalue weighted by Gasteiger charge is -2.14. The number of rotatable bonds is 4. The summed E-state index contributed by atoms with van der Waals surface area (Å²) in [7, 11) is 0. The number of hydrogen-bond acceptors (Lipinski definition) is 4. The molecule has 0 unspecified atom stereocenters. The molecule has 0 heterocycles. The first-order valence-corrected chi connectivity index (χ1v) is 6.42. The Hall–Kier alpha value is -2.56. The van der Waals surface area contributed by atoms with Crippen molar-refractivity contribution in [1.29, 1.82) is 0 Å². The third kappa shape index (κ3) is 2.71. The molecule has 0 spiro atoms. The lowest BCUT2D eigenvalue weighted by molar-refractivity contribution is -0.383. The first-order chi connectivity index (χ1) is 9.52. The highest BCUT2D eigenvalue weighted by atomic mass is 16.6. The van der Waals surface area contributed by atoms with Gasteiger partial charge in [0.25, 0.3) is 5.69 Å². The number of benzene rings is 2. The second-order valence-corrected chi connectivity index (χ2v) is 4.62. The van der Waals surface area contributed by atoms with Crippen molar-refractivity contribution in [2.24, 2.45) is 0 Å². The van der Waals surface area contributed by atoms with E-state index >= 15 is 0 Å². The van der Waals surface area contributed by atoms with E-state index in [1.165, 1.54) is 6.07 Å². The highest BCUT2D eigenvalue weighted by molar-refractivity contribution is 5.75. The number of nitrogens with zero attached hydrogens (tertiary/aromatic N) is 1. The van der Waals surface area contributed by atoms with Gasteiger partial charge in [0.15, 0.2) is 0 Å². The molecule has 0 atom stereocenters. The Morgan fingerprint density at radius 1 is 1.30 bits per heavy atom. The lowest BCUT2D eigenvalue weighted by Crippen LogP contribution is -2.02. The number of hydrogen-bond donors (Lipinski definition) is 2. The van der Waals surface area contributed by atoms with Crippen LogP contribution >= 0.6 is 0 Å². The van der Waals surface area contributed by atoms with Gasteiger partial charge in [0.2, 0.25) is 0 Å². The summed E-state index contributed by atoms with van der Waals surface area (Å²) >= 11 is 0. The van der Waals surface area contributed by atoms with E-state index in [1.54, 1.807) is 12.1 Å². The highest BCUT2D eigenvalue weighted by Gasteiger charge is 2.15. The Morgan fingerprint density at radius 2 is 2.05 bits per heavy atom. The van der Waals surface area contributed by atoms with E-state index in [0.717, 1.165) is 23.2 Å². The molecule has 0 aliphatic carbocycles. The zero-order chi connectivity index (χ0) is 14.7. The summed E-state index contributed by atoms with van der Waals surface area (Å²) in [5.41, 5.74) is 9.52. The van der Waals surface area contributed by atoms with Crippen LogP contribution in [0.3, 0.4) is 0 Å².